The van der Waals surface area contributed by atoms with Crippen molar-refractivity contribution in [3.63, 3.8) is 0 Å². The van der Waals surface area contributed by atoms with Crippen molar-refractivity contribution in [2.45, 2.75) is 63.9 Å². The summed E-state index contributed by atoms with van der Waals surface area (Å²) in [6.07, 6.45) is 6.64. The second kappa shape index (κ2) is 5.90. The Balaban J connectivity index is 2.03. The van der Waals surface area contributed by atoms with Crippen molar-refractivity contribution in [2.24, 2.45) is 0 Å². The minimum absolute atomic E-state index is 0.0513. The number of rotatable bonds is 2. The summed E-state index contributed by atoms with van der Waals surface area (Å²) in [5, 5.41) is 5.12. The second-order valence-electron chi connectivity index (χ2n) is 6.47. The van der Waals surface area contributed by atoms with Crippen LogP contribution in [0.4, 0.5) is 0 Å². The normalized spacial score (nSPS) is 34.5. The van der Waals surface area contributed by atoms with Crippen LogP contribution >= 0.6 is 15.8 Å². The molecule has 0 aromatic heterocycles. The smallest absolute Gasteiger partial charge is 0.0119 e. The summed E-state index contributed by atoms with van der Waals surface area (Å²) < 4.78 is 0. The van der Waals surface area contributed by atoms with E-state index in [0.29, 0.717) is 0 Å². The fourth-order valence-corrected chi connectivity index (χ4v) is 10.6. The largest absolute Gasteiger partial charge is 0.0802 e. The van der Waals surface area contributed by atoms with Crippen molar-refractivity contribution in [1.82, 2.24) is 0 Å². The molecule has 0 saturated carbocycles. The third kappa shape index (κ3) is 2.51. The molecule has 1 aromatic rings. The summed E-state index contributed by atoms with van der Waals surface area (Å²) in [4.78, 5) is 0. The van der Waals surface area contributed by atoms with Gasteiger partial charge in [0.2, 0.25) is 0 Å². The van der Waals surface area contributed by atoms with Gasteiger partial charge in [0, 0.05) is 0 Å². The first-order valence-corrected chi connectivity index (χ1v) is 10.8. The fraction of sp³-hybridized carbons (Fsp3) is 0.556. The summed E-state index contributed by atoms with van der Waals surface area (Å²) in [6.45, 7) is 9.78. The van der Waals surface area contributed by atoms with Crippen molar-refractivity contribution < 1.29 is 0 Å². The van der Waals surface area contributed by atoms with E-state index in [2.05, 4.69) is 58.0 Å². The topological polar surface area (TPSA) is 0 Å². The van der Waals surface area contributed by atoms with E-state index in [9.17, 15) is 0 Å². The molecule has 4 atom stereocenters. The van der Waals surface area contributed by atoms with E-state index in [1.807, 2.05) is 0 Å². The highest BCUT2D eigenvalue weighted by Crippen LogP contribution is 2.58. The first-order chi connectivity index (χ1) is 9.59. The van der Waals surface area contributed by atoms with E-state index in [0.717, 1.165) is 17.0 Å². The molecule has 108 valence electrons. The van der Waals surface area contributed by atoms with E-state index in [-0.39, 0.29) is 15.8 Å². The molecule has 0 N–H and O–H groups in total. The Morgan fingerprint density at radius 1 is 0.900 bits per heavy atom. The quantitative estimate of drug-likeness (QED) is 0.661. The summed E-state index contributed by atoms with van der Waals surface area (Å²) in [6, 6.07) is 9.44. The lowest BCUT2D eigenvalue weighted by Crippen LogP contribution is -2.27. The molecule has 0 bridgehead atoms. The zero-order valence-electron chi connectivity index (χ0n) is 13.1. The predicted molar refractivity (Wildman–Crippen MR) is 95.5 cm³/mol. The fourth-order valence-electron chi connectivity index (χ4n) is 3.88. The lowest BCUT2D eigenvalue weighted by molar-refractivity contribution is 0.777. The molecule has 0 nitrogen and oxygen atoms in total. The van der Waals surface area contributed by atoms with E-state index in [1.54, 1.807) is 15.9 Å². The highest BCUT2D eigenvalue weighted by molar-refractivity contribution is 7.75. The molecule has 2 aliphatic heterocycles. The van der Waals surface area contributed by atoms with Crippen molar-refractivity contribution in [3.05, 3.63) is 35.7 Å². The minimum Gasteiger partial charge on any atom is -0.0802 e. The Bertz CT molecular complexity index is 510. The van der Waals surface area contributed by atoms with E-state index >= 15 is 0 Å². The van der Waals surface area contributed by atoms with Crippen LogP contribution in [0, 0.1) is 0 Å². The van der Waals surface area contributed by atoms with Crippen LogP contribution in [0.1, 0.15) is 47.0 Å². The van der Waals surface area contributed by atoms with Crippen molar-refractivity contribution >= 4 is 26.5 Å². The molecule has 1 fully saturated rings. The molecule has 0 spiro atoms. The molecule has 0 radical (unpaired) electrons. The molecule has 1 unspecified atom stereocenters. The summed E-state index contributed by atoms with van der Waals surface area (Å²) >= 11 is 0. The maximum absolute atomic E-state index is 2.49. The van der Waals surface area contributed by atoms with Crippen LogP contribution in [0.3, 0.4) is 0 Å². The van der Waals surface area contributed by atoms with Gasteiger partial charge >= 0.3 is 0 Å². The molecule has 0 aliphatic carbocycles. The second-order valence-corrected chi connectivity index (χ2v) is 12.3. The predicted octanol–water partition coefficient (Wildman–Crippen LogP) is 5.17. The van der Waals surface area contributed by atoms with Crippen LogP contribution in [0.25, 0.3) is 0 Å². The number of allylic oxidation sites excluding steroid dienone is 2. The lowest BCUT2D eigenvalue weighted by atomic mass is 10.2. The van der Waals surface area contributed by atoms with Gasteiger partial charge in [0.15, 0.2) is 0 Å². The first-order valence-electron chi connectivity index (χ1n) is 7.93. The van der Waals surface area contributed by atoms with Crippen molar-refractivity contribution in [2.75, 3.05) is 0 Å². The number of benzene rings is 1. The molecular weight excluding hydrogens is 278 g/mol. The van der Waals surface area contributed by atoms with E-state index in [1.165, 1.54) is 19.3 Å². The summed E-state index contributed by atoms with van der Waals surface area (Å²) in [5.41, 5.74) is 2.67. The van der Waals surface area contributed by atoms with Crippen LogP contribution in [-0.4, -0.2) is 17.0 Å². The molecule has 2 heterocycles. The lowest BCUT2D eigenvalue weighted by Gasteiger charge is -2.29. The maximum Gasteiger partial charge on any atom is -0.0119 e. The highest BCUT2D eigenvalue weighted by atomic mass is 31.1. The molecule has 0 amide bonds. The average Bonchev–Trinajstić information content (AvgIpc) is 2.93. The summed E-state index contributed by atoms with van der Waals surface area (Å²) in [5.74, 6) is 0. The van der Waals surface area contributed by atoms with Gasteiger partial charge in [0.25, 0.3) is 0 Å². The van der Waals surface area contributed by atoms with Gasteiger partial charge in [-0.25, -0.2) is 0 Å². The Hall–Kier alpha value is -0.180. The van der Waals surface area contributed by atoms with E-state index in [4.69, 9.17) is 0 Å². The van der Waals surface area contributed by atoms with Gasteiger partial charge in [0.05, 0.1) is 0 Å². The zero-order valence-corrected chi connectivity index (χ0v) is 14.9. The van der Waals surface area contributed by atoms with Gasteiger partial charge in [-0.15, -0.1) is 0 Å². The first kappa shape index (κ1) is 14.7. The Labute approximate surface area is 126 Å². The van der Waals surface area contributed by atoms with Gasteiger partial charge in [-0.2, -0.15) is 0 Å². The maximum atomic E-state index is 2.49. The molecule has 3 rings (SSSR count). The Morgan fingerprint density at radius 2 is 1.50 bits per heavy atom. The standard InChI is InChI=1S/C18H26P2/c1-13-9-10-14(2)19(13)17-7-5-6-8-18(17)20-15(3)11-12-16(20)4/h5-9,14-16H,10-12H2,1-4H3/t14-,15-,16-,19?/m1/s1. The van der Waals surface area contributed by atoms with Crippen molar-refractivity contribution in [3.8, 4) is 0 Å². The monoisotopic (exact) mass is 304 g/mol. The molecule has 20 heavy (non-hydrogen) atoms. The molecular formula is C18H26P2. The summed E-state index contributed by atoms with van der Waals surface area (Å²) in [7, 11) is -0.00903. The SMILES string of the molecule is CC1=CC[C@@H](C)P1c1ccccc1P1[C@H](C)CC[C@H]1C. The van der Waals surface area contributed by atoms with Crippen LogP contribution in [-0.2, 0) is 0 Å². The van der Waals surface area contributed by atoms with Gasteiger partial charge in [-0.1, -0.05) is 59.0 Å². The van der Waals surface area contributed by atoms with E-state index < -0.39 is 0 Å². The van der Waals surface area contributed by atoms with Crippen LogP contribution in [0.5, 0.6) is 0 Å². The number of hydrogen-bond donors (Lipinski definition) is 0. The number of hydrogen-bond acceptors (Lipinski definition) is 0. The minimum atomic E-state index is -0.0603. The molecule has 2 aliphatic rings. The molecule has 1 saturated heterocycles. The van der Waals surface area contributed by atoms with Gasteiger partial charge in [-0.05, 0) is 67.0 Å². The van der Waals surface area contributed by atoms with Crippen molar-refractivity contribution in [1.29, 1.82) is 0 Å². The van der Waals surface area contributed by atoms with Crippen LogP contribution in [0.15, 0.2) is 35.7 Å². The Kier molecular flexibility index (Phi) is 4.35. The average molecular weight is 304 g/mol. The van der Waals surface area contributed by atoms with Crippen LogP contribution in [0.2, 0.25) is 0 Å². The molecule has 1 aromatic carbocycles. The Morgan fingerprint density at radius 3 is 2.05 bits per heavy atom. The molecule has 2 heteroatoms. The zero-order chi connectivity index (χ0) is 14.3. The van der Waals surface area contributed by atoms with Gasteiger partial charge < -0.3 is 0 Å². The van der Waals surface area contributed by atoms with Gasteiger partial charge in [0.1, 0.15) is 0 Å². The third-order valence-corrected chi connectivity index (χ3v) is 11.4. The van der Waals surface area contributed by atoms with Crippen LogP contribution < -0.4 is 10.6 Å². The third-order valence-electron chi connectivity index (χ3n) is 4.95. The highest BCUT2D eigenvalue weighted by Gasteiger charge is 2.35. The van der Waals surface area contributed by atoms with Gasteiger partial charge in [-0.3, -0.25) is 0 Å².